The molecule has 3 nitrogen and oxygen atoms in total. The fourth-order valence-corrected chi connectivity index (χ4v) is 9.84. The van der Waals surface area contributed by atoms with Gasteiger partial charge in [0.05, 0.1) is 0 Å². The molecule has 7 aromatic carbocycles. The number of hydrogen-bond acceptors (Lipinski definition) is 3. The van der Waals surface area contributed by atoms with Crippen LogP contribution in [-0.2, 0) is 21.7 Å². The van der Waals surface area contributed by atoms with E-state index in [0.717, 1.165) is 27.6 Å². The summed E-state index contributed by atoms with van der Waals surface area (Å²) in [6, 6.07) is 53.0. The lowest BCUT2D eigenvalue weighted by atomic mass is 9.33. The lowest BCUT2D eigenvalue weighted by Crippen LogP contribution is -2.61. The Morgan fingerprint density at radius 2 is 0.919 bits per heavy atom. The summed E-state index contributed by atoms with van der Waals surface area (Å²) < 4.78 is 6.32. The number of fused-ring (bicyclic) bond motifs is 7. The summed E-state index contributed by atoms with van der Waals surface area (Å²) in [6.45, 7) is 28.0. The molecule has 0 spiro atoms. The molecule has 0 atom stereocenters. The maximum atomic E-state index is 6.32. The summed E-state index contributed by atoms with van der Waals surface area (Å²) in [4.78, 5) is 5.14. The van der Waals surface area contributed by atoms with E-state index in [9.17, 15) is 0 Å². The molecule has 0 saturated carbocycles. The van der Waals surface area contributed by atoms with E-state index in [2.05, 4.69) is 226 Å². The minimum atomic E-state index is -0.103. The van der Waals surface area contributed by atoms with Crippen molar-refractivity contribution in [2.24, 2.45) is 0 Å². The molecule has 0 radical (unpaired) electrons. The molecule has 310 valence electrons. The zero-order valence-electron chi connectivity index (χ0n) is 38.7. The van der Waals surface area contributed by atoms with Gasteiger partial charge in [-0.15, -0.1) is 0 Å². The lowest BCUT2D eigenvalue weighted by molar-refractivity contribution is 0.589. The number of anilines is 6. The van der Waals surface area contributed by atoms with E-state index in [1.54, 1.807) is 0 Å². The van der Waals surface area contributed by atoms with Crippen molar-refractivity contribution in [3.8, 4) is 11.1 Å². The van der Waals surface area contributed by atoms with Crippen molar-refractivity contribution in [3.63, 3.8) is 0 Å². The standard InChI is InChI=1S/C58H59BN2O/c1-55(2,3)37-22-28-42(29-23-37)61-48-33-39(57(7,8)9)24-30-45(48)59-46-32-38(56(4,5)6)25-31-47(46)60(49-34-40(58(10,11)12)35-50(61)54(49)59)41-26-20-36(21-27-41)43-17-15-19-52-53(43)44-16-13-14-18-51(44)62-52/h13-35H,1-12H3. The van der Waals surface area contributed by atoms with Gasteiger partial charge in [-0.2, -0.15) is 0 Å². The molecule has 0 fully saturated rings. The monoisotopic (exact) mass is 810 g/mol. The van der Waals surface area contributed by atoms with Crippen LogP contribution in [0.2, 0.25) is 0 Å². The second kappa shape index (κ2) is 13.8. The highest BCUT2D eigenvalue weighted by Crippen LogP contribution is 2.48. The molecule has 2 aliphatic heterocycles. The van der Waals surface area contributed by atoms with Crippen LogP contribution in [0.3, 0.4) is 0 Å². The molecule has 0 aliphatic carbocycles. The van der Waals surface area contributed by atoms with Crippen LogP contribution in [-0.4, -0.2) is 6.71 Å². The van der Waals surface area contributed by atoms with Gasteiger partial charge in [-0.25, -0.2) is 0 Å². The quantitative estimate of drug-likeness (QED) is 0.166. The molecule has 3 heterocycles. The number of furan rings is 1. The van der Waals surface area contributed by atoms with Gasteiger partial charge in [0.25, 0.3) is 6.71 Å². The van der Waals surface area contributed by atoms with Crippen LogP contribution in [0, 0.1) is 0 Å². The molecule has 0 amide bonds. The van der Waals surface area contributed by atoms with Gasteiger partial charge in [-0.3, -0.25) is 0 Å². The Balaban J connectivity index is 1.25. The van der Waals surface area contributed by atoms with Crippen LogP contribution in [0.4, 0.5) is 34.1 Å². The molecule has 4 heteroatoms. The maximum Gasteiger partial charge on any atom is 0.252 e. The summed E-state index contributed by atoms with van der Waals surface area (Å²) in [5, 5.41) is 2.30. The van der Waals surface area contributed by atoms with Gasteiger partial charge in [-0.1, -0.05) is 162 Å². The molecule has 1 aromatic heterocycles. The number of nitrogens with zero attached hydrogens (tertiary/aromatic N) is 2. The number of hydrogen-bond donors (Lipinski definition) is 0. The predicted octanol–water partition coefficient (Wildman–Crippen LogP) is 14.5. The highest BCUT2D eigenvalue weighted by Gasteiger charge is 2.45. The first-order valence-electron chi connectivity index (χ1n) is 22.5. The Labute approximate surface area is 369 Å². The molecule has 8 aromatic rings. The van der Waals surface area contributed by atoms with Crippen LogP contribution in [0.15, 0.2) is 144 Å². The first kappa shape index (κ1) is 40.1. The van der Waals surface area contributed by atoms with Gasteiger partial charge >= 0.3 is 0 Å². The van der Waals surface area contributed by atoms with E-state index < -0.39 is 0 Å². The van der Waals surface area contributed by atoms with Gasteiger partial charge in [0.15, 0.2) is 0 Å². The molecular weight excluding hydrogens is 751 g/mol. The number of benzene rings is 7. The molecule has 10 rings (SSSR count). The average Bonchev–Trinajstić information content (AvgIpc) is 3.61. The minimum Gasteiger partial charge on any atom is -0.456 e. The smallest absolute Gasteiger partial charge is 0.252 e. The van der Waals surface area contributed by atoms with Crippen molar-refractivity contribution in [3.05, 3.63) is 162 Å². The van der Waals surface area contributed by atoms with Gasteiger partial charge < -0.3 is 14.2 Å². The summed E-state index contributed by atoms with van der Waals surface area (Å²) in [5.41, 5.74) is 20.8. The number of rotatable bonds is 3. The maximum absolute atomic E-state index is 6.32. The van der Waals surface area contributed by atoms with Crippen LogP contribution in [0.1, 0.15) is 105 Å². The van der Waals surface area contributed by atoms with Crippen molar-refractivity contribution in [2.75, 3.05) is 9.80 Å². The summed E-state index contributed by atoms with van der Waals surface area (Å²) in [7, 11) is 0. The summed E-state index contributed by atoms with van der Waals surface area (Å²) in [6.07, 6.45) is 0. The van der Waals surface area contributed by atoms with Gasteiger partial charge in [-0.05, 0) is 132 Å². The Hall–Kier alpha value is -6.00. The van der Waals surface area contributed by atoms with Crippen molar-refractivity contribution in [1.82, 2.24) is 0 Å². The number of para-hydroxylation sites is 1. The second-order valence-corrected chi connectivity index (χ2v) is 21.9. The average molecular weight is 811 g/mol. The SMILES string of the molecule is CC(C)(C)c1ccc(N2c3cc(C(C)(C)C)ccc3B3c4cc(C(C)(C)C)ccc4N(c4ccc(-c5cccc6oc7ccccc7c56)cc4)c4cc(C(C)(C)C)cc2c43)cc1. The fraction of sp³-hybridized carbons (Fsp3) is 0.276. The molecule has 0 N–H and O–H groups in total. The summed E-state index contributed by atoms with van der Waals surface area (Å²) in [5.74, 6) is 0. The van der Waals surface area contributed by atoms with Crippen molar-refractivity contribution in [2.45, 2.75) is 105 Å². The van der Waals surface area contributed by atoms with E-state index in [1.807, 2.05) is 6.07 Å². The van der Waals surface area contributed by atoms with Crippen LogP contribution in [0.25, 0.3) is 33.1 Å². The summed E-state index contributed by atoms with van der Waals surface area (Å²) >= 11 is 0. The second-order valence-electron chi connectivity index (χ2n) is 21.9. The third-order valence-electron chi connectivity index (χ3n) is 13.5. The zero-order chi connectivity index (χ0) is 43.7. The van der Waals surface area contributed by atoms with Gasteiger partial charge in [0.2, 0.25) is 0 Å². The van der Waals surface area contributed by atoms with E-state index in [-0.39, 0.29) is 28.4 Å². The third kappa shape index (κ3) is 6.48. The first-order chi connectivity index (χ1) is 29.3. The Kier molecular flexibility index (Phi) is 8.89. The third-order valence-corrected chi connectivity index (χ3v) is 13.5. The molecular formula is C58H59BN2O. The van der Waals surface area contributed by atoms with Crippen LogP contribution in [0.5, 0.6) is 0 Å². The van der Waals surface area contributed by atoms with Gasteiger partial charge in [0, 0.05) is 44.9 Å². The Morgan fingerprint density at radius 3 is 1.55 bits per heavy atom. The minimum absolute atomic E-state index is 0.0153. The van der Waals surface area contributed by atoms with Crippen LogP contribution >= 0.6 is 0 Å². The largest absolute Gasteiger partial charge is 0.456 e. The zero-order valence-corrected chi connectivity index (χ0v) is 38.7. The molecule has 2 aliphatic rings. The van der Waals surface area contributed by atoms with E-state index in [0.29, 0.717) is 0 Å². The first-order valence-corrected chi connectivity index (χ1v) is 22.5. The Morgan fingerprint density at radius 1 is 0.403 bits per heavy atom. The van der Waals surface area contributed by atoms with E-state index in [1.165, 1.54) is 78.2 Å². The topological polar surface area (TPSA) is 19.6 Å². The fourth-order valence-electron chi connectivity index (χ4n) is 9.84. The predicted molar refractivity (Wildman–Crippen MR) is 268 cm³/mol. The molecule has 0 unspecified atom stereocenters. The molecule has 62 heavy (non-hydrogen) atoms. The molecule has 0 saturated heterocycles. The highest BCUT2D eigenvalue weighted by atomic mass is 16.3. The Bertz CT molecular complexity index is 3050. The van der Waals surface area contributed by atoms with Crippen LogP contribution < -0.4 is 26.2 Å². The van der Waals surface area contributed by atoms with Crippen molar-refractivity contribution >= 4 is 79.2 Å². The van der Waals surface area contributed by atoms with Crippen molar-refractivity contribution in [1.29, 1.82) is 0 Å². The lowest BCUT2D eigenvalue weighted by Gasteiger charge is -2.45. The molecule has 0 bridgehead atoms. The highest BCUT2D eigenvalue weighted by molar-refractivity contribution is 7.00. The van der Waals surface area contributed by atoms with Gasteiger partial charge in [0.1, 0.15) is 11.2 Å². The van der Waals surface area contributed by atoms with Crippen molar-refractivity contribution < 1.29 is 4.42 Å². The van der Waals surface area contributed by atoms with E-state index in [4.69, 9.17) is 4.42 Å². The van der Waals surface area contributed by atoms with E-state index >= 15 is 0 Å². The normalized spacial score (nSPS) is 14.0.